The van der Waals surface area contributed by atoms with E-state index in [0.29, 0.717) is 12.8 Å². The van der Waals surface area contributed by atoms with Gasteiger partial charge in [0.05, 0.1) is 11.7 Å². The second kappa shape index (κ2) is 3.69. The molecule has 0 amide bonds. The van der Waals surface area contributed by atoms with Gasteiger partial charge in [-0.3, -0.25) is 0 Å². The van der Waals surface area contributed by atoms with Crippen molar-refractivity contribution in [2.45, 2.75) is 75.3 Å². The highest BCUT2D eigenvalue weighted by Gasteiger charge is 2.55. The maximum atomic E-state index is 10.7. The van der Waals surface area contributed by atoms with Crippen LogP contribution in [0.1, 0.15) is 57.8 Å². The standard InChI is InChI=1S/C13H22O3/c14-12-7-3-1-5-10(12)11-6-2-4-8-13(15,9-12)16-11/h10-11,14-15H,1-9H2/t10-,11-,12+,13+/m0/s1. The van der Waals surface area contributed by atoms with Crippen molar-refractivity contribution in [1.82, 2.24) is 0 Å². The molecule has 1 aliphatic carbocycles. The van der Waals surface area contributed by atoms with Crippen LogP contribution in [0.15, 0.2) is 0 Å². The predicted octanol–water partition coefficient (Wildman–Crippen LogP) is 1.96. The minimum absolute atomic E-state index is 0.0894. The van der Waals surface area contributed by atoms with Gasteiger partial charge in [0.1, 0.15) is 0 Å². The Morgan fingerprint density at radius 3 is 2.56 bits per heavy atom. The van der Waals surface area contributed by atoms with Crippen molar-refractivity contribution in [3.8, 4) is 0 Å². The van der Waals surface area contributed by atoms with Gasteiger partial charge in [-0.15, -0.1) is 0 Å². The second-order valence-electron chi connectivity index (χ2n) is 5.98. The maximum absolute atomic E-state index is 10.7. The molecule has 0 radical (unpaired) electrons. The summed E-state index contributed by atoms with van der Waals surface area (Å²) in [5.74, 6) is -0.774. The van der Waals surface area contributed by atoms with Crippen LogP contribution in [0, 0.1) is 5.92 Å². The largest absolute Gasteiger partial charge is 0.389 e. The van der Waals surface area contributed by atoms with Crippen LogP contribution >= 0.6 is 0 Å². The van der Waals surface area contributed by atoms with Crippen LogP contribution < -0.4 is 0 Å². The molecule has 3 aliphatic rings. The van der Waals surface area contributed by atoms with Crippen LogP contribution in [0.2, 0.25) is 0 Å². The fourth-order valence-corrected chi connectivity index (χ4v) is 4.04. The lowest BCUT2D eigenvalue weighted by Gasteiger charge is -2.52. The Hall–Kier alpha value is -0.120. The van der Waals surface area contributed by atoms with Crippen molar-refractivity contribution >= 4 is 0 Å². The van der Waals surface area contributed by atoms with Gasteiger partial charge in [0, 0.05) is 18.8 Å². The number of hydrogen-bond donors (Lipinski definition) is 2. The minimum atomic E-state index is -1.04. The molecule has 3 fully saturated rings. The summed E-state index contributed by atoms with van der Waals surface area (Å²) in [6.45, 7) is 0. The first kappa shape index (κ1) is 11.0. The first-order valence-corrected chi connectivity index (χ1v) is 6.74. The molecule has 1 saturated carbocycles. The molecule has 16 heavy (non-hydrogen) atoms. The summed E-state index contributed by atoms with van der Waals surface area (Å²) >= 11 is 0. The maximum Gasteiger partial charge on any atom is 0.168 e. The van der Waals surface area contributed by atoms with E-state index < -0.39 is 11.4 Å². The van der Waals surface area contributed by atoms with Gasteiger partial charge in [0.15, 0.2) is 5.79 Å². The quantitative estimate of drug-likeness (QED) is 0.664. The van der Waals surface area contributed by atoms with Gasteiger partial charge in [-0.05, 0) is 25.7 Å². The van der Waals surface area contributed by atoms with Crippen molar-refractivity contribution in [2.24, 2.45) is 5.92 Å². The van der Waals surface area contributed by atoms with E-state index in [1.165, 1.54) is 6.42 Å². The molecule has 2 saturated heterocycles. The smallest absolute Gasteiger partial charge is 0.168 e. The molecule has 3 rings (SSSR count). The molecule has 0 aromatic rings. The van der Waals surface area contributed by atoms with Crippen LogP contribution in [-0.4, -0.2) is 27.7 Å². The van der Waals surface area contributed by atoms with Gasteiger partial charge in [0.25, 0.3) is 0 Å². The topological polar surface area (TPSA) is 49.7 Å². The van der Waals surface area contributed by atoms with E-state index in [9.17, 15) is 10.2 Å². The zero-order valence-electron chi connectivity index (χ0n) is 9.82. The molecular formula is C13H22O3. The summed E-state index contributed by atoms with van der Waals surface area (Å²) in [6, 6.07) is 0. The molecule has 0 spiro atoms. The summed E-state index contributed by atoms with van der Waals surface area (Å²) in [5.41, 5.74) is -0.653. The molecule has 2 aliphatic heterocycles. The predicted molar refractivity (Wildman–Crippen MR) is 59.8 cm³/mol. The molecule has 0 aromatic carbocycles. The van der Waals surface area contributed by atoms with Crippen molar-refractivity contribution in [1.29, 1.82) is 0 Å². The molecule has 3 nitrogen and oxygen atoms in total. The van der Waals surface area contributed by atoms with E-state index in [1.807, 2.05) is 0 Å². The van der Waals surface area contributed by atoms with Gasteiger partial charge < -0.3 is 14.9 Å². The van der Waals surface area contributed by atoms with Gasteiger partial charge in [0.2, 0.25) is 0 Å². The van der Waals surface area contributed by atoms with Gasteiger partial charge in [-0.25, -0.2) is 0 Å². The van der Waals surface area contributed by atoms with E-state index in [-0.39, 0.29) is 12.0 Å². The van der Waals surface area contributed by atoms with Crippen molar-refractivity contribution in [3.63, 3.8) is 0 Å². The molecule has 2 bridgehead atoms. The van der Waals surface area contributed by atoms with Crippen molar-refractivity contribution < 1.29 is 14.9 Å². The average molecular weight is 226 g/mol. The minimum Gasteiger partial charge on any atom is -0.389 e. The first-order chi connectivity index (χ1) is 7.61. The van der Waals surface area contributed by atoms with E-state index in [0.717, 1.165) is 38.5 Å². The SMILES string of the molecule is O[C@]12CCCC[C@H](O1)[C@@H]1CCCC[C@@]1(O)C2. The molecule has 4 atom stereocenters. The van der Waals surface area contributed by atoms with Crippen molar-refractivity contribution in [2.75, 3.05) is 0 Å². The molecular weight excluding hydrogens is 204 g/mol. The van der Waals surface area contributed by atoms with E-state index >= 15 is 0 Å². The fourth-order valence-electron chi connectivity index (χ4n) is 4.04. The van der Waals surface area contributed by atoms with Crippen molar-refractivity contribution in [3.05, 3.63) is 0 Å². The Morgan fingerprint density at radius 2 is 1.69 bits per heavy atom. The monoisotopic (exact) mass is 226 g/mol. The Labute approximate surface area is 96.8 Å². The van der Waals surface area contributed by atoms with E-state index in [4.69, 9.17) is 4.74 Å². The molecule has 3 heteroatoms. The lowest BCUT2D eigenvalue weighted by Crippen LogP contribution is -2.59. The average Bonchev–Trinajstić information content (AvgIpc) is 2.37. The third kappa shape index (κ3) is 1.69. The normalized spacial score (nSPS) is 52.9. The Balaban J connectivity index is 1.91. The second-order valence-corrected chi connectivity index (χ2v) is 5.98. The summed E-state index contributed by atoms with van der Waals surface area (Å²) in [4.78, 5) is 0. The molecule has 2 heterocycles. The Bertz CT molecular complexity index is 280. The highest BCUT2D eigenvalue weighted by Crippen LogP contribution is 2.50. The Kier molecular flexibility index (Phi) is 2.54. The highest BCUT2D eigenvalue weighted by atomic mass is 16.6. The Morgan fingerprint density at radius 1 is 0.938 bits per heavy atom. The number of hydrogen-bond acceptors (Lipinski definition) is 3. The molecule has 92 valence electrons. The summed E-state index contributed by atoms with van der Waals surface area (Å²) in [7, 11) is 0. The van der Waals surface area contributed by atoms with E-state index in [2.05, 4.69) is 0 Å². The summed E-state index contributed by atoms with van der Waals surface area (Å²) in [5, 5.41) is 21.2. The first-order valence-electron chi connectivity index (χ1n) is 6.74. The number of fused-ring (bicyclic) bond motifs is 4. The molecule has 0 unspecified atom stereocenters. The lowest BCUT2D eigenvalue weighted by molar-refractivity contribution is -0.317. The van der Waals surface area contributed by atoms with Crippen LogP contribution in [0.25, 0.3) is 0 Å². The highest BCUT2D eigenvalue weighted by molar-refractivity contribution is 5.02. The third-order valence-corrected chi connectivity index (χ3v) is 4.77. The van der Waals surface area contributed by atoms with Crippen LogP contribution in [0.5, 0.6) is 0 Å². The van der Waals surface area contributed by atoms with Gasteiger partial charge in [-0.1, -0.05) is 19.3 Å². The van der Waals surface area contributed by atoms with Gasteiger partial charge >= 0.3 is 0 Å². The van der Waals surface area contributed by atoms with E-state index in [1.54, 1.807) is 0 Å². The summed E-state index contributed by atoms with van der Waals surface area (Å²) < 4.78 is 5.86. The zero-order chi connectivity index (χ0) is 11.2. The molecule has 0 aromatic heterocycles. The van der Waals surface area contributed by atoms with Crippen LogP contribution in [-0.2, 0) is 4.74 Å². The number of ether oxygens (including phenoxy) is 1. The van der Waals surface area contributed by atoms with Gasteiger partial charge in [-0.2, -0.15) is 0 Å². The summed E-state index contributed by atoms with van der Waals surface area (Å²) in [6.07, 6.45) is 8.58. The number of rotatable bonds is 0. The van der Waals surface area contributed by atoms with Crippen LogP contribution in [0.4, 0.5) is 0 Å². The fraction of sp³-hybridized carbons (Fsp3) is 1.00. The third-order valence-electron chi connectivity index (χ3n) is 4.77. The van der Waals surface area contributed by atoms with Crippen LogP contribution in [0.3, 0.4) is 0 Å². The lowest BCUT2D eigenvalue weighted by atomic mass is 9.67. The molecule has 2 N–H and O–H groups in total. The number of aliphatic hydroxyl groups is 2. The zero-order valence-corrected chi connectivity index (χ0v) is 9.82.